The van der Waals surface area contributed by atoms with E-state index in [9.17, 15) is 18.8 Å². The van der Waals surface area contributed by atoms with Gasteiger partial charge in [0, 0.05) is 11.3 Å². The Labute approximate surface area is 162 Å². The molecule has 0 bridgehead atoms. The number of hydrogen-bond donors (Lipinski definition) is 3. The first-order chi connectivity index (χ1) is 13.3. The molecule has 4 N–H and O–H groups in total. The summed E-state index contributed by atoms with van der Waals surface area (Å²) in [4.78, 5) is 35.4. The third-order valence-corrected chi connectivity index (χ3v) is 3.73. The maximum Gasteiger partial charge on any atom is 0.338 e. The van der Waals surface area contributed by atoms with Crippen molar-refractivity contribution < 1.29 is 23.5 Å². The van der Waals surface area contributed by atoms with Gasteiger partial charge in [-0.25, -0.2) is 14.0 Å². The van der Waals surface area contributed by atoms with Gasteiger partial charge in [-0.05, 0) is 44.2 Å². The van der Waals surface area contributed by atoms with Crippen molar-refractivity contribution >= 4 is 23.6 Å². The SMILES string of the molecule is CC(C)OC(=O)c1ccc(NC(=O)C[C@@H](NC(N)=O)c2ccccc2F)cc1. The third-order valence-electron chi connectivity index (χ3n) is 3.73. The van der Waals surface area contributed by atoms with E-state index in [1.165, 1.54) is 30.3 Å². The standard InChI is InChI=1S/C20H22FN3O4/c1-12(2)28-19(26)13-7-9-14(10-8-13)23-18(25)11-17(24-20(22)27)15-5-3-4-6-16(15)21/h3-10,12,17H,11H2,1-2H3,(H,23,25)(H3,22,24,27)/t17-/m1/s1. The Bertz CT molecular complexity index is 853. The molecule has 0 saturated heterocycles. The summed E-state index contributed by atoms with van der Waals surface area (Å²) in [5.74, 6) is -1.47. The lowest BCUT2D eigenvalue weighted by Crippen LogP contribution is -2.35. The number of anilines is 1. The second kappa shape index (κ2) is 9.50. The smallest absolute Gasteiger partial charge is 0.338 e. The summed E-state index contributed by atoms with van der Waals surface area (Å²) < 4.78 is 19.1. The van der Waals surface area contributed by atoms with Gasteiger partial charge in [0.25, 0.3) is 0 Å². The van der Waals surface area contributed by atoms with Gasteiger partial charge in [-0.3, -0.25) is 4.79 Å². The van der Waals surface area contributed by atoms with Crippen molar-refractivity contribution in [2.75, 3.05) is 5.32 Å². The highest BCUT2D eigenvalue weighted by molar-refractivity contribution is 5.93. The Kier molecular flexibility index (Phi) is 7.08. The number of amides is 3. The van der Waals surface area contributed by atoms with Crippen molar-refractivity contribution in [3.8, 4) is 0 Å². The molecule has 148 valence electrons. The first-order valence-corrected chi connectivity index (χ1v) is 8.67. The highest BCUT2D eigenvalue weighted by Crippen LogP contribution is 2.21. The summed E-state index contributed by atoms with van der Waals surface area (Å²) in [5.41, 5.74) is 6.09. The highest BCUT2D eigenvalue weighted by atomic mass is 19.1. The number of primary amides is 1. The summed E-state index contributed by atoms with van der Waals surface area (Å²) >= 11 is 0. The number of esters is 1. The first kappa shape index (κ1) is 20.9. The molecule has 3 amide bonds. The molecule has 0 heterocycles. The molecule has 0 aliphatic carbocycles. The van der Waals surface area contributed by atoms with Gasteiger partial charge in [-0.15, -0.1) is 0 Å². The van der Waals surface area contributed by atoms with E-state index in [1.54, 1.807) is 32.0 Å². The maximum atomic E-state index is 14.0. The van der Waals surface area contributed by atoms with Gasteiger partial charge in [-0.1, -0.05) is 18.2 Å². The second-order valence-electron chi connectivity index (χ2n) is 6.37. The topological polar surface area (TPSA) is 111 Å². The van der Waals surface area contributed by atoms with E-state index in [0.29, 0.717) is 11.3 Å². The number of nitrogens with two attached hydrogens (primary N) is 1. The molecule has 0 aliphatic rings. The molecule has 1 atom stereocenters. The largest absolute Gasteiger partial charge is 0.459 e. The van der Waals surface area contributed by atoms with Crippen LogP contribution in [-0.4, -0.2) is 24.0 Å². The van der Waals surface area contributed by atoms with Crippen LogP contribution in [0.2, 0.25) is 0 Å². The van der Waals surface area contributed by atoms with E-state index >= 15 is 0 Å². The van der Waals surface area contributed by atoms with Crippen molar-refractivity contribution in [1.29, 1.82) is 0 Å². The molecule has 0 radical (unpaired) electrons. The van der Waals surface area contributed by atoms with Crippen molar-refractivity contribution in [2.24, 2.45) is 5.73 Å². The first-order valence-electron chi connectivity index (χ1n) is 8.67. The van der Waals surface area contributed by atoms with Crippen LogP contribution in [0.1, 0.15) is 42.2 Å². The number of benzene rings is 2. The minimum absolute atomic E-state index is 0.156. The Hall–Kier alpha value is -3.42. The average molecular weight is 387 g/mol. The van der Waals surface area contributed by atoms with Gasteiger partial charge in [0.1, 0.15) is 5.82 Å². The minimum Gasteiger partial charge on any atom is -0.459 e. The molecule has 7 nitrogen and oxygen atoms in total. The molecule has 2 aromatic rings. The van der Waals surface area contributed by atoms with Crippen molar-refractivity contribution in [3.05, 3.63) is 65.5 Å². The Morgan fingerprint density at radius 2 is 1.71 bits per heavy atom. The summed E-state index contributed by atoms with van der Waals surface area (Å²) in [6.07, 6.45) is -0.457. The molecule has 0 aromatic heterocycles. The average Bonchev–Trinajstić information content (AvgIpc) is 2.61. The van der Waals surface area contributed by atoms with Gasteiger partial charge in [0.05, 0.1) is 24.1 Å². The molecular weight excluding hydrogens is 365 g/mol. The van der Waals surface area contributed by atoms with Crippen LogP contribution >= 0.6 is 0 Å². The van der Waals surface area contributed by atoms with E-state index < -0.39 is 29.8 Å². The molecule has 8 heteroatoms. The number of ether oxygens (including phenoxy) is 1. The van der Waals surface area contributed by atoms with Gasteiger partial charge in [0.2, 0.25) is 5.91 Å². The molecule has 0 spiro atoms. The highest BCUT2D eigenvalue weighted by Gasteiger charge is 2.20. The zero-order chi connectivity index (χ0) is 20.7. The molecule has 2 aromatic carbocycles. The monoisotopic (exact) mass is 387 g/mol. The van der Waals surface area contributed by atoms with Crippen LogP contribution in [0.5, 0.6) is 0 Å². The molecule has 0 unspecified atom stereocenters. The summed E-state index contributed by atoms with van der Waals surface area (Å²) in [6.45, 7) is 3.50. The lowest BCUT2D eigenvalue weighted by atomic mass is 10.0. The van der Waals surface area contributed by atoms with Crippen molar-refractivity contribution in [3.63, 3.8) is 0 Å². The predicted octanol–water partition coefficient (Wildman–Crippen LogP) is 3.13. The summed E-state index contributed by atoms with van der Waals surface area (Å²) in [5, 5.41) is 5.01. The predicted molar refractivity (Wildman–Crippen MR) is 102 cm³/mol. The Morgan fingerprint density at radius 3 is 2.29 bits per heavy atom. The summed E-state index contributed by atoms with van der Waals surface area (Å²) in [6, 6.07) is 10.2. The van der Waals surface area contributed by atoms with Crippen LogP contribution in [0.15, 0.2) is 48.5 Å². The normalized spacial score (nSPS) is 11.6. The fourth-order valence-electron chi connectivity index (χ4n) is 2.54. The maximum absolute atomic E-state index is 14.0. The van der Waals surface area contributed by atoms with Crippen LogP contribution in [0.25, 0.3) is 0 Å². The van der Waals surface area contributed by atoms with Crippen LogP contribution in [-0.2, 0) is 9.53 Å². The molecule has 2 rings (SSSR count). The third kappa shape index (κ3) is 6.08. The molecule has 0 fully saturated rings. The fourth-order valence-corrected chi connectivity index (χ4v) is 2.54. The molecular formula is C20H22FN3O4. The fraction of sp³-hybridized carbons (Fsp3) is 0.250. The number of halogens is 1. The van der Waals surface area contributed by atoms with Gasteiger partial charge in [0.15, 0.2) is 0 Å². The van der Waals surface area contributed by atoms with Crippen LogP contribution < -0.4 is 16.4 Å². The van der Waals surface area contributed by atoms with Gasteiger partial charge < -0.3 is 21.1 Å². The van der Waals surface area contributed by atoms with E-state index in [2.05, 4.69) is 10.6 Å². The molecule has 0 aliphatic heterocycles. The van der Waals surface area contributed by atoms with Crippen molar-refractivity contribution in [2.45, 2.75) is 32.4 Å². The zero-order valence-electron chi connectivity index (χ0n) is 15.6. The van der Waals surface area contributed by atoms with E-state index in [4.69, 9.17) is 10.5 Å². The van der Waals surface area contributed by atoms with Crippen molar-refractivity contribution in [1.82, 2.24) is 5.32 Å². The Balaban J connectivity index is 2.05. The molecule has 0 saturated carbocycles. The Morgan fingerprint density at radius 1 is 1.07 bits per heavy atom. The number of carbonyl (C=O) groups is 3. The lowest BCUT2D eigenvalue weighted by molar-refractivity contribution is -0.116. The number of carbonyl (C=O) groups excluding carboxylic acids is 3. The van der Waals surface area contributed by atoms with E-state index in [-0.39, 0.29) is 18.1 Å². The number of urea groups is 1. The number of nitrogens with one attached hydrogen (secondary N) is 2. The van der Waals surface area contributed by atoms with Gasteiger partial charge in [-0.2, -0.15) is 0 Å². The van der Waals surface area contributed by atoms with E-state index in [1.807, 2.05) is 0 Å². The second-order valence-corrected chi connectivity index (χ2v) is 6.37. The molecule has 28 heavy (non-hydrogen) atoms. The number of hydrogen-bond acceptors (Lipinski definition) is 4. The summed E-state index contributed by atoms with van der Waals surface area (Å²) in [7, 11) is 0. The van der Waals surface area contributed by atoms with Crippen LogP contribution in [0.3, 0.4) is 0 Å². The van der Waals surface area contributed by atoms with Crippen LogP contribution in [0.4, 0.5) is 14.9 Å². The zero-order valence-corrected chi connectivity index (χ0v) is 15.6. The number of rotatable bonds is 7. The quantitative estimate of drug-likeness (QED) is 0.634. The van der Waals surface area contributed by atoms with E-state index in [0.717, 1.165) is 0 Å². The minimum atomic E-state index is -0.918. The van der Waals surface area contributed by atoms with Gasteiger partial charge >= 0.3 is 12.0 Å². The lowest BCUT2D eigenvalue weighted by Gasteiger charge is -2.18. The van der Waals surface area contributed by atoms with Crippen LogP contribution in [0, 0.1) is 5.82 Å².